The van der Waals surface area contributed by atoms with Crippen molar-refractivity contribution >= 4 is 17.3 Å². The number of aromatic nitrogens is 1. The van der Waals surface area contributed by atoms with Gasteiger partial charge in [-0.05, 0) is 12.1 Å². The van der Waals surface area contributed by atoms with Crippen LogP contribution in [0.1, 0.15) is 0 Å². The Labute approximate surface area is 88.1 Å². The molecule has 1 N–H and O–H groups in total. The van der Waals surface area contributed by atoms with Gasteiger partial charge < -0.3 is 10.2 Å². The Morgan fingerprint density at radius 1 is 1.43 bits per heavy atom. The summed E-state index contributed by atoms with van der Waals surface area (Å²) in [7, 11) is 0. The Morgan fingerprint density at radius 3 is 2.86 bits per heavy atom. The largest absolute Gasteiger partial charge is 0.368 e. The van der Waals surface area contributed by atoms with Crippen LogP contribution >= 0.6 is 11.6 Å². The lowest BCUT2D eigenvalue weighted by Gasteiger charge is -2.29. The maximum Gasteiger partial charge on any atom is 0.129 e. The summed E-state index contributed by atoms with van der Waals surface area (Å²) < 4.78 is 0. The van der Waals surface area contributed by atoms with Crippen molar-refractivity contribution in [1.29, 1.82) is 0 Å². The summed E-state index contributed by atoms with van der Waals surface area (Å²) in [4.78, 5) is 6.47. The molecule has 4 heteroatoms. The van der Waals surface area contributed by atoms with Crippen molar-refractivity contribution < 1.29 is 0 Å². The summed E-state index contributed by atoms with van der Waals surface area (Å²) in [6, 6.07) is 4.59. The molecule has 3 rings (SSSR count). The number of rotatable bonds is 1. The fourth-order valence-corrected chi connectivity index (χ4v) is 2.33. The predicted molar refractivity (Wildman–Crippen MR) is 56.7 cm³/mol. The molecule has 3 heterocycles. The molecule has 0 bridgehead atoms. The Bertz CT molecular complexity index is 326. The van der Waals surface area contributed by atoms with E-state index in [4.69, 9.17) is 11.6 Å². The molecule has 0 amide bonds. The number of nitrogens with zero attached hydrogens (tertiary/aromatic N) is 2. The van der Waals surface area contributed by atoms with Crippen LogP contribution in [0.15, 0.2) is 18.3 Å². The predicted octanol–water partition coefficient (Wildman–Crippen LogP) is 1.14. The SMILES string of the molecule is Clc1ccc(N2C[C@@H]3CN[C@H]3C2)cn1. The van der Waals surface area contributed by atoms with Crippen LogP contribution in [0.5, 0.6) is 0 Å². The Hall–Kier alpha value is -0.800. The van der Waals surface area contributed by atoms with Crippen LogP contribution in [0.4, 0.5) is 5.69 Å². The van der Waals surface area contributed by atoms with Gasteiger partial charge in [0.15, 0.2) is 0 Å². The number of hydrogen-bond donors (Lipinski definition) is 1. The average molecular weight is 210 g/mol. The minimum absolute atomic E-state index is 0.564. The van der Waals surface area contributed by atoms with E-state index >= 15 is 0 Å². The van der Waals surface area contributed by atoms with E-state index in [9.17, 15) is 0 Å². The highest BCUT2D eigenvalue weighted by molar-refractivity contribution is 6.29. The number of nitrogens with one attached hydrogen (secondary N) is 1. The number of hydrogen-bond acceptors (Lipinski definition) is 3. The van der Waals surface area contributed by atoms with Crippen LogP contribution in [0.2, 0.25) is 5.15 Å². The van der Waals surface area contributed by atoms with E-state index in [1.165, 1.54) is 12.2 Å². The number of anilines is 1. The van der Waals surface area contributed by atoms with Gasteiger partial charge in [0.05, 0.1) is 11.9 Å². The molecule has 2 aliphatic heterocycles. The van der Waals surface area contributed by atoms with Gasteiger partial charge in [-0.2, -0.15) is 0 Å². The van der Waals surface area contributed by atoms with E-state index in [0.717, 1.165) is 19.0 Å². The fourth-order valence-electron chi connectivity index (χ4n) is 2.22. The third-order valence-corrected chi connectivity index (χ3v) is 3.38. The molecule has 0 aromatic carbocycles. The molecule has 2 fully saturated rings. The van der Waals surface area contributed by atoms with Crippen molar-refractivity contribution in [1.82, 2.24) is 10.3 Å². The second-order valence-corrected chi connectivity index (χ2v) is 4.41. The van der Waals surface area contributed by atoms with Crippen molar-refractivity contribution in [2.24, 2.45) is 5.92 Å². The highest BCUT2D eigenvalue weighted by Crippen LogP contribution is 2.28. The van der Waals surface area contributed by atoms with Gasteiger partial charge in [-0.1, -0.05) is 11.6 Å². The van der Waals surface area contributed by atoms with Crippen LogP contribution in [0.3, 0.4) is 0 Å². The molecule has 0 radical (unpaired) electrons. The number of fused-ring (bicyclic) bond motifs is 1. The first-order chi connectivity index (χ1) is 6.83. The minimum Gasteiger partial charge on any atom is -0.368 e. The maximum absolute atomic E-state index is 5.75. The molecule has 0 unspecified atom stereocenters. The Morgan fingerprint density at radius 2 is 2.36 bits per heavy atom. The summed E-state index contributed by atoms with van der Waals surface area (Å²) in [5, 5.41) is 3.99. The molecule has 0 saturated carbocycles. The van der Waals surface area contributed by atoms with Gasteiger partial charge in [-0.15, -0.1) is 0 Å². The summed E-state index contributed by atoms with van der Waals surface area (Å²) in [6.45, 7) is 3.43. The van der Waals surface area contributed by atoms with Crippen molar-refractivity contribution in [3.05, 3.63) is 23.5 Å². The van der Waals surface area contributed by atoms with Crippen LogP contribution in [-0.4, -0.2) is 30.7 Å². The smallest absolute Gasteiger partial charge is 0.129 e. The fraction of sp³-hybridized carbons (Fsp3) is 0.500. The summed E-state index contributed by atoms with van der Waals surface area (Å²) in [6.07, 6.45) is 1.85. The lowest BCUT2D eigenvalue weighted by Crippen LogP contribution is -2.51. The molecule has 1 aromatic heterocycles. The first-order valence-corrected chi connectivity index (χ1v) is 5.30. The first-order valence-electron chi connectivity index (χ1n) is 4.93. The van der Waals surface area contributed by atoms with E-state index in [-0.39, 0.29) is 0 Å². The molecule has 3 nitrogen and oxygen atoms in total. The summed E-state index contributed by atoms with van der Waals surface area (Å²) >= 11 is 5.75. The molecular weight excluding hydrogens is 198 g/mol. The summed E-state index contributed by atoms with van der Waals surface area (Å²) in [5.74, 6) is 0.839. The van der Waals surface area contributed by atoms with Crippen molar-refractivity contribution in [3.8, 4) is 0 Å². The lowest BCUT2D eigenvalue weighted by atomic mass is 9.96. The average Bonchev–Trinajstić information content (AvgIpc) is 2.45. The standard InChI is InChI=1S/C10H12ClN3/c11-10-2-1-8(4-13-10)14-5-7-3-12-9(7)6-14/h1-2,4,7,9,12H,3,5-6H2/t7-,9-/m0/s1. The number of pyridine rings is 1. The van der Waals surface area contributed by atoms with Gasteiger partial charge in [0.25, 0.3) is 0 Å². The maximum atomic E-state index is 5.75. The van der Waals surface area contributed by atoms with E-state index in [1.807, 2.05) is 18.3 Å². The highest BCUT2D eigenvalue weighted by atomic mass is 35.5. The van der Waals surface area contributed by atoms with Crippen LogP contribution in [0, 0.1) is 5.92 Å². The molecule has 2 saturated heterocycles. The normalized spacial score (nSPS) is 29.9. The Balaban J connectivity index is 1.79. The number of halogens is 1. The molecule has 0 spiro atoms. The molecular formula is C10H12ClN3. The van der Waals surface area contributed by atoms with Crippen molar-refractivity contribution in [2.45, 2.75) is 6.04 Å². The molecule has 2 aliphatic rings. The minimum atomic E-state index is 0.564. The topological polar surface area (TPSA) is 28.2 Å². The van der Waals surface area contributed by atoms with Gasteiger partial charge in [-0.3, -0.25) is 0 Å². The van der Waals surface area contributed by atoms with Crippen LogP contribution in [0.25, 0.3) is 0 Å². The quantitative estimate of drug-likeness (QED) is 0.704. The zero-order valence-corrected chi connectivity index (χ0v) is 8.54. The van der Waals surface area contributed by atoms with Gasteiger partial charge in [-0.25, -0.2) is 4.98 Å². The molecule has 0 aliphatic carbocycles. The van der Waals surface area contributed by atoms with Gasteiger partial charge in [0.1, 0.15) is 5.15 Å². The highest BCUT2D eigenvalue weighted by Gasteiger charge is 2.38. The molecule has 74 valence electrons. The van der Waals surface area contributed by atoms with E-state index in [0.29, 0.717) is 11.2 Å². The zero-order valence-electron chi connectivity index (χ0n) is 7.78. The third-order valence-electron chi connectivity index (χ3n) is 3.16. The van der Waals surface area contributed by atoms with E-state index in [1.54, 1.807) is 0 Å². The van der Waals surface area contributed by atoms with E-state index in [2.05, 4.69) is 15.2 Å². The van der Waals surface area contributed by atoms with E-state index < -0.39 is 0 Å². The van der Waals surface area contributed by atoms with Crippen LogP contribution in [-0.2, 0) is 0 Å². The Kier molecular flexibility index (Phi) is 1.89. The third kappa shape index (κ3) is 1.28. The lowest BCUT2D eigenvalue weighted by molar-refractivity contribution is 0.297. The zero-order chi connectivity index (χ0) is 9.54. The molecule has 2 atom stereocenters. The summed E-state index contributed by atoms with van der Waals surface area (Å²) in [5.41, 5.74) is 1.19. The molecule has 1 aromatic rings. The van der Waals surface area contributed by atoms with Crippen LogP contribution < -0.4 is 10.2 Å². The van der Waals surface area contributed by atoms with Crippen molar-refractivity contribution in [2.75, 3.05) is 24.5 Å². The first kappa shape index (κ1) is 8.50. The second kappa shape index (κ2) is 3.11. The molecule has 14 heavy (non-hydrogen) atoms. The van der Waals surface area contributed by atoms with Gasteiger partial charge in [0, 0.05) is 31.6 Å². The monoisotopic (exact) mass is 209 g/mol. The second-order valence-electron chi connectivity index (χ2n) is 4.02. The van der Waals surface area contributed by atoms with Gasteiger partial charge >= 0.3 is 0 Å². The van der Waals surface area contributed by atoms with Crippen molar-refractivity contribution in [3.63, 3.8) is 0 Å². The van der Waals surface area contributed by atoms with Gasteiger partial charge in [0.2, 0.25) is 0 Å².